The Bertz CT molecular complexity index is 555. The number of rotatable bonds is 2. The van der Waals surface area contributed by atoms with E-state index in [9.17, 15) is 14.9 Å². The first kappa shape index (κ1) is 13.9. The Balaban J connectivity index is 2.49. The summed E-state index contributed by atoms with van der Waals surface area (Å²) in [4.78, 5) is 25.0. The number of aryl methyl sites for hydroxylation is 1. The minimum Gasteiger partial charge on any atom is -0.339 e. The molecule has 0 atom stereocenters. The van der Waals surface area contributed by atoms with Crippen LogP contribution in [0.15, 0.2) is 11.0 Å². The molecule has 0 saturated heterocycles. The van der Waals surface area contributed by atoms with Crippen LogP contribution in [0.5, 0.6) is 0 Å². The van der Waals surface area contributed by atoms with Crippen molar-refractivity contribution in [3.8, 4) is 0 Å². The van der Waals surface area contributed by atoms with Gasteiger partial charge in [0.2, 0.25) is 0 Å². The van der Waals surface area contributed by atoms with Gasteiger partial charge in [-0.2, -0.15) is 0 Å². The first-order valence-corrected chi connectivity index (χ1v) is 6.92. The van der Waals surface area contributed by atoms with E-state index in [0.29, 0.717) is 0 Å². The van der Waals surface area contributed by atoms with E-state index >= 15 is 0 Å². The largest absolute Gasteiger partial charge is 0.339 e. The lowest BCUT2D eigenvalue weighted by Crippen LogP contribution is -2.16. The molecule has 1 aliphatic carbocycles. The third kappa shape index (κ3) is 2.58. The Labute approximate surface area is 116 Å². The molecule has 1 aromatic carbocycles. The van der Waals surface area contributed by atoms with Crippen molar-refractivity contribution in [1.29, 1.82) is 0 Å². The van der Waals surface area contributed by atoms with Crippen molar-refractivity contribution in [3.63, 3.8) is 0 Å². The molecule has 102 valence electrons. The van der Waals surface area contributed by atoms with Crippen molar-refractivity contribution in [2.24, 2.45) is 0 Å². The maximum atomic E-state index is 11.8. The molecule has 5 nitrogen and oxygen atoms in total. The number of benzene rings is 1. The molecule has 0 heterocycles. The average molecular weight is 280 g/mol. The molecule has 6 heteroatoms. The molecule has 0 aliphatic heterocycles. The van der Waals surface area contributed by atoms with Gasteiger partial charge in [0.05, 0.1) is 4.92 Å². The van der Waals surface area contributed by atoms with Gasteiger partial charge < -0.3 is 4.90 Å². The summed E-state index contributed by atoms with van der Waals surface area (Å²) in [5, 5.41) is 11.0. The fourth-order valence-corrected chi connectivity index (χ4v) is 3.28. The van der Waals surface area contributed by atoms with E-state index in [-0.39, 0.29) is 15.8 Å². The van der Waals surface area contributed by atoms with Crippen LogP contribution in [-0.2, 0) is 12.8 Å². The molecule has 0 saturated carbocycles. The Hall–Kier alpha value is -1.56. The van der Waals surface area contributed by atoms with Crippen molar-refractivity contribution in [2.45, 2.75) is 31.1 Å². The highest BCUT2D eigenvalue weighted by Gasteiger charge is 2.27. The minimum atomic E-state index is -0.320. The second-order valence-corrected chi connectivity index (χ2v) is 5.83. The van der Waals surface area contributed by atoms with Gasteiger partial charge in [0.25, 0.3) is 10.9 Å². The molecule has 1 aliphatic rings. The van der Waals surface area contributed by atoms with Crippen LogP contribution in [0.3, 0.4) is 0 Å². The number of fused-ring (bicyclic) bond motifs is 1. The van der Waals surface area contributed by atoms with Gasteiger partial charge in [-0.3, -0.25) is 14.9 Å². The fourth-order valence-electron chi connectivity index (χ4n) is 2.36. The summed E-state index contributed by atoms with van der Waals surface area (Å²) in [6.07, 6.45) is 2.47. The average Bonchev–Trinajstić information content (AvgIpc) is 2.80. The zero-order chi connectivity index (χ0) is 14.2. The summed E-state index contributed by atoms with van der Waals surface area (Å²) in [7, 11) is 3.41. The van der Waals surface area contributed by atoms with E-state index in [0.717, 1.165) is 40.8 Å². The van der Waals surface area contributed by atoms with E-state index in [1.165, 1.54) is 16.7 Å². The van der Waals surface area contributed by atoms with Crippen LogP contribution in [0.2, 0.25) is 0 Å². The molecule has 0 unspecified atom stereocenters. The maximum Gasteiger partial charge on any atom is 0.285 e. The van der Waals surface area contributed by atoms with E-state index < -0.39 is 0 Å². The van der Waals surface area contributed by atoms with Crippen LogP contribution in [0, 0.1) is 17.0 Å². The molecular formula is C13H16N2O3S. The van der Waals surface area contributed by atoms with Gasteiger partial charge in [-0.05, 0) is 49.1 Å². The number of carbonyl (C=O) groups excluding carboxylic acids is 1. The highest BCUT2D eigenvalue weighted by Crippen LogP contribution is 2.40. The quantitative estimate of drug-likeness (QED) is 0.474. The number of nitro groups is 1. The van der Waals surface area contributed by atoms with Gasteiger partial charge in [-0.15, -0.1) is 0 Å². The van der Waals surface area contributed by atoms with Crippen molar-refractivity contribution >= 4 is 22.7 Å². The molecule has 0 fully saturated rings. The lowest BCUT2D eigenvalue weighted by molar-refractivity contribution is -0.385. The van der Waals surface area contributed by atoms with Gasteiger partial charge in [-0.25, -0.2) is 0 Å². The first-order chi connectivity index (χ1) is 8.91. The zero-order valence-electron chi connectivity index (χ0n) is 11.2. The topological polar surface area (TPSA) is 63.5 Å². The number of hydrogen-bond acceptors (Lipinski definition) is 4. The molecule has 0 N–H and O–H groups in total. The molecule has 0 radical (unpaired) electrons. The predicted molar refractivity (Wildman–Crippen MR) is 74.8 cm³/mol. The summed E-state index contributed by atoms with van der Waals surface area (Å²) in [6, 6.07) is 1.59. The lowest BCUT2D eigenvalue weighted by atomic mass is 10.0. The third-order valence-corrected chi connectivity index (χ3v) is 4.58. The Morgan fingerprint density at radius 3 is 2.58 bits per heavy atom. The molecular weight excluding hydrogens is 264 g/mol. The van der Waals surface area contributed by atoms with E-state index in [2.05, 4.69) is 0 Å². The lowest BCUT2D eigenvalue weighted by Gasteiger charge is -2.14. The number of nitro benzene ring substituents is 1. The van der Waals surface area contributed by atoms with Crippen molar-refractivity contribution in [2.75, 3.05) is 14.1 Å². The van der Waals surface area contributed by atoms with Crippen molar-refractivity contribution in [1.82, 2.24) is 4.90 Å². The van der Waals surface area contributed by atoms with Crippen LogP contribution < -0.4 is 0 Å². The highest BCUT2D eigenvalue weighted by atomic mass is 32.2. The van der Waals surface area contributed by atoms with E-state index in [4.69, 9.17) is 0 Å². The molecule has 19 heavy (non-hydrogen) atoms. The Morgan fingerprint density at radius 1 is 1.37 bits per heavy atom. The number of hydrogen-bond donors (Lipinski definition) is 0. The second-order valence-electron chi connectivity index (χ2n) is 4.87. The monoisotopic (exact) mass is 280 g/mol. The smallest absolute Gasteiger partial charge is 0.285 e. The zero-order valence-corrected chi connectivity index (χ0v) is 12.0. The van der Waals surface area contributed by atoms with Gasteiger partial charge in [-0.1, -0.05) is 0 Å². The van der Waals surface area contributed by atoms with Gasteiger partial charge in [0.15, 0.2) is 0 Å². The Morgan fingerprint density at radius 2 is 2.00 bits per heavy atom. The summed E-state index contributed by atoms with van der Waals surface area (Å²) >= 11 is 1.17. The van der Waals surface area contributed by atoms with Crippen LogP contribution >= 0.6 is 11.8 Å². The maximum absolute atomic E-state index is 11.8. The van der Waals surface area contributed by atoms with Crippen LogP contribution in [0.25, 0.3) is 0 Å². The molecule has 0 bridgehead atoms. The summed E-state index contributed by atoms with van der Waals surface area (Å²) in [5.41, 5.74) is 2.82. The third-order valence-electron chi connectivity index (χ3n) is 3.26. The fraction of sp³-hybridized carbons (Fsp3) is 0.462. The number of amides is 1. The Kier molecular flexibility index (Phi) is 3.80. The van der Waals surface area contributed by atoms with Gasteiger partial charge in [0.1, 0.15) is 0 Å². The first-order valence-electron chi connectivity index (χ1n) is 6.10. The van der Waals surface area contributed by atoms with Crippen LogP contribution in [-0.4, -0.2) is 29.2 Å². The second kappa shape index (κ2) is 5.21. The predicted octanol–water partition coefficient (Wildman–Crippen LogP) is 3.17. The van der Waals surface area contributed by atoms with Gasteiger partial charge >= 0.3 is 0 Å². The summed E-state index contributed by atoms with van der Waals surface area (Å²) < 4.78 is 0. The standard InChI is InChI=1S/C13H16N2O3S/c1-8-7-11(15(17)18)9-5-4-6-10(9)12(8)19-13(16)14(2)3/h7H,4-6H2,1-3H3. The molecule has 2 rings (SSSR count). The van der Waals surface area contributed by atoms with E-state index in [1.807, 2.05) is 6.92 Å². The molecule has 0 aromatic heterocycles. The molecule has 1 amide bonds. The van der Waals surface area contributed by atoms with Gasteiger partial charge in [0, 0.05) is 30.6 Å². The van der Waals surface area contributed by atoms with Crippen LogP contribution in [0.4, 0.5) is 10.5 Å². The van der Waals surface area contributed by atoms with Crippen molar-refractivity contribution in [3.05, 3.63) is 32.9 Å². The molecule has 0 spiro atoms. The van der Waals surface area contributed by atoms with E-state index in [1.54, 1.807) is 20.2 Å². The normalized spacial score (nSPS) is 13.2. The highest BCUT2D eigenvalue weighted by molar-refractivity contribution is 8.13. The number of thioether (sulfide) groups is 1. The SMILES string of the molecule is Cc1cc([N+](=O)[O-])c2c(c1SC(=O)N(C)C)CCC2. The summed E-state index contributed by atoms with van der Waals surface area (Å²) in [5.74, 6) is 0. The molecule has 1 aromatic rings. The number of nitrogens with zero attached hydrogens (tertiary/aromatic N) is 2. The summed E-state index contributed by atoms with van der Waals surface area (Å²) in [6.45, 7) is 1.83. The number of carbonyl (C=O) groups is 1. The van der Waals surface area contributed by atoms with Crippen LogP contribution in [0.1, 0.15) is 23.1 Å². The minimum absolute atomic E-state index is 0.0500. The van der Waals surface area contributed by atoms with Crippen molar-refractivity contribution < 1.29 is 9.72 Å².